The molecular weight excluding hydrogens is 251 g/mol. The van der Waals surface area contributed by atoms with Crippen LogP contribution in [0.15, 0.2) is 11.8 Å². The molecule has 0 radical (unpaired) electrons. The molecule has 0 unspecified atom stereocenters. The Bertz CT molecular complexity index is 109. The topological polar surface area (TPSA) is 49.9 Å². The third-order valence-corrected chi connectivity index (χ3v) is 1.03. The van der Waals surface area contributed by atoms with Gasteiger partial charge < -0.3 is 11.1 Å². The first kappa shape index (κ1) is 17.1. The maximum absolute atomic E-state index is 6.82. The molecule has 0 atom stereocenters. The summed E-state index contributed by atoms with van der Waals surface area (Å²) >= 11 is 0. The van der Waals surface area contributed by atoms with Crippen molar-refractivity contribution >= 4 is 30.2 Å². The van der Waals surface area contributed by atoms with Gasteiger partial charge in [0, 0.05) is 6.21 Å². The van der Waals surface area contributed by atoms with Gasteiger partial charge in [-0.05, 0) is 17.7 Å². The molecule has 0 aromatic heterocycles. The molecule has 11 heavy (non-hydrogen) atoms. The summed E-state index contributed by atoms with van der Waals surface area (Å²) in [5.74, 6) is 0.373. The van der Waals surface area contributed by atoms with E-state index in [2.05, 4.69) is 0 Å². The quantitative estimate of drug-likeness (QED) is 0.588. The van der Waals surface area contributed by atoms with Gasteiger partial charge in [-0.15, -0.1) is 24.0 Å². The first-order valence-corrected chi connectivity index (χ1v) is 3.64. The minimum atomic E-state index is 0. The molecule has 0 rings (SSSR count). The first-order valence-electron chi connectivity index (χ1n) is 3.64. The molecule has 0 amide bonds. The highest BCUT2D eigenvalue weighted by Crippen LogP contribution is 2.02. The molecule has 0 bridgehead atoms. The van der Waals surface area contributed by atoms with Gasteiger partial charge in [-0.3, -0.25) is 0 Å². The van der Waals surface area contributed by atoms with Crippen molar-refractivity contribution in [2.45, 2.75) is 27.7 Å². The van der Waals surface area contributed by atoms with Crippen LogP contribution < -0.4 is 5.73 Å². The highest BCUT2D eigenvalue weighted by Gasteiger charge is 1.95. The summed E-state index contributed by atoms with van der Waals surface area (Å²) in [6.07, 6.45) is 2.75. The van der Waals surface area contributed by atoms with Crippen molar-refractivity contribution in [1.82, 2.24) is 0 Å². The van der Waals surface area contributed by atoms with E-state index in [1.165, 1.54) is 12.4 Å². The van der Waals surface area contributed by atoms with E-state index in [4.69, 9.17) is 11.1 Å². The lowest BCUT2D eigenvalue weighted by Crippen LogP contribution is -1.97. The van der Waals surface area contributed by atoms with E-state index < -0.39 is 0 Å². The lowest BCUT2D eigenvalue weighted by Gasteiger charge is -2.00. The van der Waals surface area contributed by atoms with Gasteiger partial charge in [0.2, 0.25) is 0 Å². The van der Waals surface area contributed by atoms with Crippen molar-refractivity contribution in [2.24, 2.45) is 11.7 Å². The van der Waals surface area contributed by atoms with Crippen LogP contribution in [-0.2, 0) is 0 Å². The monoisotopic (exact) mass is 270 g/mol. The fourth-order valence-electron chi connectivity index (χ4n) is 0.407. The standard InChI is InChI=1S/C6H12N2.C2H6.HI/c1-5(2)6(3-7)4-8;1-2;/h3-5,7H,8H2,1-2H3;1-2H3;1H/b6-4+,7-3?;;. The molecule has 0 spiro atoms. The zero-order chi connectivity index (χ0) is 8.57. The fourth-order valence-corrected chi connectivity index (χ4v) is 0.407. The third-order valence-electron chi connectivity index (χ3n) is 1.03. The van der Waals surface area contributed by atoms with E-state index in [1.54, 1.807) is 0 Å². The number of nitrogens with one attached hydrogen (secondary N) is 1. The van der Waals surface area contributed by atoms with E-state index in [-0.39, 0.29) is 24.0 Å². The van der Waals surface area contributed by atoms with Crippen LogP contribution in [0.1, 0.15) is 27.7 Å². The molecule has 0 saturated heterocycles. The summed E-state index contributed by atoms with van der Waals surface area (Å²) in [5.41, 5.74) is 6.05. The molecule has 3 heteroatoms. The second-order valence-corrected chi connectivity index (χ2v) is 1.97. The summed E-state index contributed by atoms with van der Waals surface area (Å²) < 4.78 is 0. The largest absolute Gasteiger partial charge is 0.404 e. The third kappa shape index (κ3) is 9.94. The van der Waals surface area contributed by atoms with Crippen LogP contribution in [0, 0.1) is 11.3 Å². The summed E-state index contributed by atoms with van der Waals surface area (Å²) in [6.45, 7) is 8.01. The summed E-state index contributed by atoms with van der Waals surface area (Å²) in [6, 6.07) is 0. The second-order valence-electron chi connectivity index (χ2n) is 1.97. The van der Waals surface area contributed by atoms with Gasteiger partial charge >= 0.3 is 0 Å². The van der Waals surface area contributed by atoms with E-state index in [9.17, 15) is 0 Å². The Kier molecular flexibility index (Phi) is 19.6. The van der Waals surface area contributed by atoms with Crippen molar-refractivity contribution in [1.29, 1.82) is 5.41 Å². The zero-order valence-electron chi connectivity index (χ0n) is 7.72. The molecule has 3 N–H and O–H groups in total. The molecular formula is C8H19IN2. The SMILES string of the molecule is CC.CC(C)/C(C=N)=C/N.I. The van der Waals surface area contributed by atoms with E-state index in [0.29, 0.717) is 5.92 Å². The molecule has 0 heterocycles. The lowest BCUT2D eigenvalue weighted by atomic mass is 10.1. The van der Waals surface area contributed by atoms with Crippen LogP contribution in [-0.4, -0.2) is 6.21 Å². The van der Waals surface area contributed by atoms with Crippen LogP contribution in [0.3, 0.4) is 0 Å². The van der Waals surface area contributed by atoms with Gasteiger partial charge in [0.15, 0.2) is 0 Å². The highest BCUT2D eigenvalue weighted by molar-refractivity contribution is 14.0. The maximum Gasteiger partial charge on any atom is 0.0226 e. The fraction of sp³-hybridized carbons (Fsp3) is 0.625. The molecule has 0 aromatic carbocycles. The minimum Gasteiger partial charge on any atom is -0.404 e. The smallest absolute Gasteiger partial charge is 0.0226 e. The van der Waals surface area contributed by atoms with Crippen LogP contribution in [0.5, 0.6) is 0 Å². The minimum absolute atomic E-state index is 0. The average Bonchev–Trinajstić information content (AvgIpc) is 1.94. The Balaban J connectivity index is -0.000000196. The highest BCUT2D eigenvalue weighted by atomic mass is 127. The summed E-state index contributed by atoms with van der Waals surface area (Å²) in [5, 5.41) is 6.82. The van der Waals surface area contributed by atoms with Crippen molar-refractivity contribution in [2.75, 3.05) is 0 Å². The van der Waals surface area contributed by atoms with Crippen LogP contribution in [0.25, 0.3) is 0 Å². The number of nitrogens with two attached hydrogens (primary N) is 1. The van der Waals surface area contributed by atoms with E-state index in [0.717, 1.165) is 5.57 Å². The molecule has 0 aliphatic carbocycles. The molecule has 0 aliphatic heterocycles. The zero-order valence-corrected chi connectivity index (χ0v) is 10.0. The molecule has 0 fully saturated rings. The lowest BCUT2D eigenvalue weighted by molar-refractivity contribution is 0.803. The van der Waals surface area contributed by atoms with Crippen molar-refractivity contribution in [3.05, 3.63) is 11.8 Å². The predicted octanol–water partition coefficient (Wildman–Crippen LogP) is 2.78. The Labute approximate surface area is 86.8 Å². The van der Waals surface area contributed by atoms with Crippen molar-refractivity contribution in [3.8, 4) is 0 Å². The van der Waals surface area contributed by atoms with Crippen molar-refractivity contribution in [3.63, 3.8) is 0 Å². The number of allylic oxidation sites excluding steroid dienone is 1. The predicted molar refractivity (Wildman–Crippen MR) is 62.7 cm³/mol. The summed E-state index contributed by atoms with van der Waals surface area (Å²) in [7, 11) is 0. The Morgan fingerprint density at radius 1 is 1.36 bits per heavy atom. The van der Waals surface area contributed by atoms with Crippen LogP contribution in [0.2, 0.25) is 0 Å². The number of halogens is 1. The Morgan fingerprint density at radius 2 is 1.73 bits per heavy atom. The van der Waals surface area contributed by atoms with E-state index >= 15 is 0 Å². The Morgan fingerprint density at radius 3 is 1.73 bits per heavy atom. The van der Waals surface area contributed by atoms with Crippen molar-refractivity contribution < 1.29 is 0 Å². The van der Waals surface area contributed by atoms with E-state index in [1.807, 2.05) is 27.7 Å². The van der Waals surface area contributed by atoms with Gasteiger partial charge in [0.25, 0.3) is 0 Å². The van der Waals surface area contributed by atoms with Gasteiger partial charge in [-0.1, -0.05) is 27.7 Å². The molecule has 68 valence electrons. The summed E-state index contributed by atoms with van der Waals surface area (Å²) in [4.78, 5) is 0. The normalized spacial score (nSPS) is 9.36. The van der Waals surface area contributed by atoms with Crippen LogP contribution in [0.4, 0.5) is 0 Å². The van der Waals surface area contributed by atoms with Gasteiger partial charge in [-0.25, -0.2) is 0 Å². The molecule has 0 aliphatic rings. The molecule has 0 saturated carbocycles. The molecule has 2 nitrogen and oxygen atoms in total. The van der Waals surface area contributed by atoms with Gasteiger partial charge in [0.1, 0.15) is 0 Å². The second kappa shape index (κ2) is 12.6. The van der Waals surface area contributed by atoms with Gasteiger partial charge in [0.05, 0.1) is 0 Å². The number of hydrogen-bond acceptors (Lipinski definition) is 2. The number of hydrogen-bond donors (Lipinski definition) is 2. The molecule has 0 aromatic rings. The Hall–Kier alpha value is -0.0600. The van der Waals surface area contributed by atoms with Gasteiger partial charge in [-0.2, -0.15) is 0 Å². The number of rotatable bonds is 2. The van der Waals surface area contributed by atoms with Crippen LogP contribution >= 0.6 is 24.0 Å². The average molecular weight is 270 g/mol. The maximum atomic E-state index is 6.82. The first-order chi connectivity index (χ1) is 4.72.